The molecule has 30 heavy (non-hydrogen) atoms. The van der Waals surface area contributed by atoms with Crippen molar-refractivity contribution in [2.45, 2.75) is 25.1 Å². The van der Waals surface area contributed by atoms with Crippen LogP contribution in [-0.2, 0) is 16.2 Å². The van der Waals surface area contributed by atoms with Gasteiger partial charge in [-0.1, -0.05) is 0 Å². The Balaban J connectivity index is 1.74. The van der Waals surface area contributed by atoms with E-state index in [1.54, 1.807) is 0 Å². The van der Waals surface area contributed by atoms with Gasteiger partial charge < -0.3 is 5.32 Å². The lowest BCUT2D eigenvalue weighted by atomic mass is 10.2. The summed E-state index contributed by atoms with van der Waals surface area (Å²) in [5, 5.41) is 2.95. The molecule has 0 atom stereocenters. The molecule has 0 bridgehead atoms. The van der Waals surface area contributed by atoms with Gasteiger partial charge in [-0.05, 0) is 37.1 Å². The molecule has 2 N–H and O–H groups in total. The molecule has 2 heterocycles. The van der Waals surface area contributed by atoms with Crippen LogP contribution in [-0.4, -0.2) is 46.1 Å². The summed E-state index contributed by atoms with van der Waals surface area (Å²) in [6.45, 7) is 0. The second-order valence-electron chi connectivity index (χ2n) is 6.85. The third-order valence-corrected chi connectivity index (χ3v) is 4.81. The lowest BCUT2D eigenvalue weighted by Crippen LogP contribution is -2.29. The van der Waals surface area contributed by atoms with E-state index in [1.807, 2.05) is 4.72 Å². The van der Waals surface area contributed by atoms with E-state index in [4.69, 9.17) is 0 Å². The van der Waals surface area contributed by atoms with Gasteiger partial charge in [0.1, 0.15) is 6.33 Å². The Morgan fingerprint density at radius 1 is 1.17 bits per heavy atom. The number of carbonyl (C=O) groups excluding carboxylic acids is 1. The number of imidazole rings is 1. The fourth-order valence-electron chi connectivity index (χ4n) is 2.74. The highest BCUT2D eigenvalue weighted by atomic mass is 32.2. The number of fused-ring (bicyclic) bond motifs is 1. The van der Waals surface area contributed by atoms with Gasteiger partial charge in [0.25, 0.3) is 5.91 Å². The lowest BCUT2D eigenvalue weighted by Gasteiger charge is -2.11. The van der Waals surface area contributed by atoms with Crippen molar-refractivity contribution in [2.24, 2.45) is 0 Å². The maximum absolute atomic E-state index is 13.3. The van der Waals surface area contributed by atoms with E-state index >= 15 is 0 Å². The molecule has 1 aliphatic rings. The van der Waals surface area contributed by atoms with Crippen molar-refractivity contribution in [1.82, 2.24) is 24.2 Å². The summed E-state index contributed by atoms with van der Waals surface area (Å²) in [6, 6.07) is 5.64. The summed E-state index contributed by atoms with van der Waals surface area (Å²) in [7, 11) is -3.73. The van der Waals surface area contributed by atoms with Crippen LogP contribution in [0, 0.1) is 0 Å². The number of benzene rings is 1. The second kappa shape index (κ2) is 6.93. The van der Waals surface area contributed by atoms with Crippen molar-refractivity contribution < 1.29 is 26.4 Å². The van der Waals surface area contributed by atoms with Crippen molar-refractivity contribution >= 4 is 32.9 Å². The van der Waals surface area contributed by atoms with Crippen molar-refractivity contribution in [3.05, 3.63) is 42.0 Å². The van der Waals surface area contributed by atoms with E-state index in [0.29, 0.717) is 5.69 Å². The Hall–Kier alpha value is -3.22. The Labute approximate surface area is 168 Å². The number of halogens is 3. The summed E-state index contributed by atoms with van der Waals surface area (Å²) < 4.78 is 65.4. The van der Waals surface area contributed by atoms with Gasteiger partial charge in [0.05, 0.1) is 6.26 Å². The van der Waals surface area contributed by atoms with Gasteiger partial charge in [0, 0.05) is 17.3 Å². The third kappa shape index (κ3) is 4.20. The predicted octanol–water partition coefficient (Wildman–Crippen LogP) is 2.10. The highest BCUT2D eigenvalue weighted by molar-refractivity contribution is 7.89. The summed E-state index contributed by atoms with van der Waals surface area (Å²) >= 11 is 0. The molecule has 4 rings (SSSR count). The molecule has 2 aromatic heterocycles. The number of sulfonamides is 1. The lowest BCUT2D eigenvalue weighted by molar-refractivity contribution is -0.144. The fraction of sp³-hybridized carbons (Fsp3) is 0.294. The quantitative estimate of drug-likeness (QED) is 0.624. The predicted molar refractivity (Wildman–Crippen MR) is 101 cm³/mol. The average molecular weight is 440 g/mol. The zero-order valence-corrected chi connectivity index (χ0v) is 16.3. The van der Waals surface area contributed by atoms with Crippen LogP contribution in [0.25, 0.3) is 16.9 Å². The van der Waals surface area contributed by atoms with E-state index in [1.165, 1.54) is 35.2 Å². The highest BCUT2D eigenvalue weighted by Crippen LogP contribution is 2.33. The number of carbonyl (C=O) groups is 1. The van der Waals surface area contributed by atoms with Crippen LogP contribution in [0.2, 0.25) is 0 Å². The van der Waals surface area contributed by atoms with Crippen molar-refractivity contribution in [3.63, 3.8) is 0 Å². The number of nitrogens with zero attached hydrogens (tertiary/aromatic N) is 4. The Bertz CT molecular complexity index is 1230. The molecule has 0 aliphatic heterocycles. The van der Waals surface area contributed by atoms with Crippen molar-refractivity contribution in [1.29, 1.82) is 0 Å². The zero-order chi connectivity index (χ0) is 21.7. The molecule has 3 aromatic rings. The van der Waals surface area contributed by atoms with Crippen molar-refractivity contribution in [3.8, 4) is 5.69 Å². The molecule has 158 valence electrons. The van der Waals surface area contributed by atoms with Gasteiger partial charge in [-0.15, -0.1) is 0 Å². The van der Waals surface area contributed by atoms with Crippen LogP contribution in [0.15, 0.2) is 30.6 Å². The van der Waals surface area contributed by atoms with E-state index in [9.17, 15) is 26.4 Å². The monoisotopic (exact) mass is 440 g/mol. The zero-order valence-electron chi connectivity index (χ0n) is 15.4. The minimum Gasteiger partial charge on any atom is -0.365 e. The number of hydrogen-bond acceptors (Lipinski definition) is 7. The van der Waals surface area contributed by atoms with Crippen LogP contribution in [0.5, 0.6) is 0 Å². The van der Waals surface area contributed by atoms with Gasteiger partial charge in [-0.2, -0.15) is 13.2 Å². The topological polar surface area (TPSA) is 119 Å². The fourth-order valence-corrected chi connectivity index (χ4v) is 3.19. The normalized spacial score (nSPS) is 14.7. The molecule has 1 amide bonds. The first-order valence-corrected chi connectivity index (χ1v) is 10.6. The summed E-state index contributed by atoms with van der Waals surface area (Å²) in [4.78, 5) is 23.3. The SMILES string of the molecule is CS(=O)(=O)NC(=O)c1ccc(-n2cnc3c(NC4CC4)nc(C(F)(F)F)nc32)cc1. The van der Waals surface area contributed by atoms with Gasteiger partial charge in [0.2, 0.25) is 15.8 Å². The number of aromatic nitrogens is 4. The minimum atomic E-state index is -4.74. The van der Waals surface area contributed by atoms with Crippen molar-refractivity contribution in [2.75, 3.05) is 11.6 Å². The summed E-state index contributed by atoms with van der Waals surface area (Å²) in [5.74, 6) is -2.10. The standard InChI is InChI=1S/C17H15F3N6O3S/c1-30(28,29)25-15(27)9-2-6-11(7-3-9)26-8-21-12-13(22-10-4-5-10)23-16(17(18,19)20)24-14(12)26/h2-3,6-8,10H,4-5H2,1H3,(H,25,27)(H,22,23,24). The number of anilines is 1. The minimum absolute atomic E-state index is 0.0118. The average Bonchev–Trinajstić information content (AvgIpc) is 3.35. The molecular formula is C17H15F3N6O3S. The first-order valence-electron chi connectivity index (χ1n) is 8.72. The molecule has 1 fully saturated rings. The van der Waals surface area contributed by atoms with E-state index in [2.05, 4.69) is 20.3 Å². The maximum atomic E-state index is 13.3. The molecule has 13 heteroatoms. The van der Waals surface area contributed by atoms with Gasteiger partial charge >= 0.3 is 6.18 Å². The molecule has 0 unspecified atom stereocenters. The van der Waals surface area contributed by atoms with Crippen LogP contribution < -0.4 is 10.0 Å². The highest BCUT2D eigenvalue weighted by Gasteiger charge is 2.37. The summed E-state index contributed by atoms with van der Waals surface area (Å²) in [6.07, 6.45) is -0.906. The first-order chi connectivity index (χ1) is 14.0. The van der Waals surface area contributed by atoms with E-state index in [0.717, 1.165) is 19.1 Å². The van der Waals surface area contributed by atoms with Crippen LogP contribution in [0.4, 0.5) is 19.0 Å². The summed E-state index contributed by atoms with van der Waals surface area (Å²) in [5.41, 5.74) is 0.593. The van der Waals surface area contributed by atoms with Gasteiger partial charge in [0.15, 0.2) is 17.0 Å². The molecule has 1 aromatic carbocycles. The number of hydrogen-bond donors (Lipinski definition) is 2. The Kier molecular flexibility index (Phi) is 4.64. The molecular weight excluding hydrogens is 425 g/mol. The second-order valence-corrected chi connectivity index (χ2v) is 8.60. The molecule has 0 radical (unpaired) electrons. The Morgan fingerprint density at radius 3 is 2.40 bits per heavy atom. The first kappa shape index (κ1) is 20.1. The number of alkyl halides is 3. The maximum Gasteiger partial charge on any atom is 0.451 e. The van der Waals surface area contributed by atoms with Crippen LogP contribution >= 0.6 is 0 Å². The van der Waals surface area contributed by atoms with Gasteiger partial charge in [-0.25, -0.2) is 28.1 Å². The largest absolute Gasteiger partial charge is 0.451 e. The molecule has 0 saturated heterocycles. The molecule has 1 saturated carbocycles. The number of rotatable bonds is 5. The third-order valence-electron chi connectivity index (χ3n) is 4.25. The smallest absolute Gasteiger partial charge is 0.365 e. The van der Waals surface area contributed by atoms with Crippen LogP contribution in [0.1, 0.15) is 29.0 Å². The molecule has 1 aliphatic carbocycles. The van der Waals surface area contributed by atoms with E-state index < -0.39 is 27.9 Å². The number of nitrogens with one attached hydrogen (secondary N) is 2. The van der Waals surface area contributed by atoms with Crippen LogP contribution in [0.3, 0.4) is 0 Å². The van der Waals surface area contributed by atoms with Gasteiger partial charge in [-0.3, -0.25) is 9.36 Å². The van der Waals surface area contributed by atoms with E-state index in [-0.39, 0.29) is 28.6 Å². The Morgan fingerprint density at radius 2 is 1.83 bits per heavy atom. The number of amides is 1. The molecule has 9 nitrogen and oxygen atoms in total. The molecule has 0 spiro atoms.